The summed E-state index contributed by atoms with van der Waals surface area (Å²) in [5.41, 5.74) is 2.44. The smallest absolute Gasteiger partial charge is 0.194 e. The summed E-state index contributed by atoms with van der Waals surface area (Å²) in [7, 11) is 1.70. The molecule has 170 valence electrons. The number of hydrogen-bond acceptors (Lipinski definition) is 4. The Labute approximate surface area is 207 Å². The van der Waals surface area contributed by atoms with Crippen molar-refractivity contribution in [3.63, 3.8) is 0 Å². The maximum Gasteiger partial charge on any atom is 0.194 e. The summed E-state index contributed by atoms with van der Waals surface area (Å²) < 4.78 is 7.26. The maximum atomic E-state index is 5.28. The number of halogens is 1. The number of aliphatic imine (C=N–C) groups is 1. The summed E-state index contributed by atoms with van der Waals surface area (Å²) in [5.74, 6) is 4.17. The number of imidazole rings is 1. The molecule has 3 aromatic rings. The molecule has 3 heterocycles. The summed E-state index contributed by atoms with van der Waals surface area (Å²) in [6, 6.07) is 12.5. The first kappa shape index (κ1) is 24.0. The topological polar surface area (TPSA) is 67.6 Å². The molecule has 0 spiro atoms. The van der Waals surface area contributed by atoms with Gasteiger partial charge in [0.2, 0.25) is 0 Å². The minimum absolute atomic E-state index is 0. The second-order valence-electron chi connectivity index (χ2n) is 7.74. The Balaban J connectivity index is 0.00000289. The zero-order valence-electron chi connectivity index (χ0n) is 18.9. The lowest BCUT2D eigenvalue weighted by Crippen LogP contribution is -2.40. The van der Waals surface area contributed by atoms with E-state index < -0.39 is 0 Å². The maximum absolute atomic E-state index is 5.28. The number of aromatic nitrogens is 3. The number of ether oxygens (including phenoxy) is 1. The van der Waals surface area contributed by atoms with Gasteiger partial charge in [0.05, 0.1) is 13.7 Å². The number of rotatable bonds is 6. The predicted molar refractivity (Wildman–Crippen MR) is 138 cm³/mol. The van der Waals surface area contributed by atoms with Crippen molar-refractivity contribution in [2.24, 2.45) is 4.99 Å². The van der Waals surface area contributed by atoms with Crippen LogP contribution in [0.4, 0.5) is 0 Å². The van der Waals surface area contributed by atoms with Crippen LogP contribution in [0.2, 0.25) is 0 Å². The van der Waals surface area contributed by atoms with Crippen LogP contribution in [-0.4, -0.2) is 52.1 Å². The molecule has 1 aliphatic heterocycles. The van der Waals surface area contributed by atoms with Gasteiger partial charge in [-0.2, -0.15) is 0 Å². The molecule has 32 heavy (non-hydrogen) atoms. The SMILES string of the molecule is CCNC(=NCc1ccc(-n2ccnc2C)nc1)N1CCC(c2ccc(OC)cc2)C1.I. The number of benzene rings is 1. The van der Waals surface area contributed by atoms with Crippen molar-refractivity contribution in [1.29, 1.82) is 0 Å². The highest BCUT2D eigenvalue weighted by atomic mass is 127. The first-order chi connectivity index (χ1) is 15.2. The van der Waals surface area contributed by atoms with E-state index in [4.69, 9.17) is 9.73 Å². The van der Waals surface area contributed by atoms with Crippen LogP contribution in [0.25, 0.3) is 5.82 Å². The zero-order chi connectivity index (χ0) is 21.6. The third kappa shape index (κ3) is 5.59. The first-order valence-corrected chi connectivity index (χ1v) is 10.8. The van der Waals surface area contributed by atoms with E-state index in [-0.39, 0.29) is 24.0 Å². The Hall–Kier alpha value is -2.62. The van der Waals surface area contributed by atoms with Crippen LogP contribution in [0.3, 0.4) is 0 Å². The molecule has 1 aliphatic rings. The van der Waals surface area contributed by atoms with Crippen LogP contribution in [0.1, 0.15) is 36.2 Å². The number of nitrogens with zero attached hydrogens (tertiary/aromatic N) is 5. The van der Waals surface area contributed by atoms with Gasteiger partial charge in [-0.1, -0.05) is 18.2 Å². The van der Waals surface area contributed by atoms with E-state index in [9.17, 15) is 0 Å². The summed E-state index contributed by atoms with van der Waals surface area (Å²) in [4.78, 5) is 16.1. The summed E-state index contributed by atoms with van der Waals surface area (Å²) in [6.07, 6.45) is 6.72. The van der Waals surface area contributed by atoms with Crippen molar-refractivity contribution < 1.29 is 4.74 Å². The number of hydrogen-bond donors (Lipinski definition) is 1. The molecule has 1 N–H and O–H groups in total. The highest BCUT2D eigenvalue weighted by Gasteiger charge is 2.26. The molecule has 2 aromatic heterocycles. The largest absolute Gasteiger partial charge is 0.497 e. The van der Waals surface area contributed by atoms with Gasteiger partial charge in [-0.05, 0) is 49.6 Å². The normalized spacial score (nSPS) is 16.0. The molecule has 1 atom stereocenters. The minimum atomic E-state index is 0. The average Bonchev–Trinajstić information content (AvgIpc) is 3.46. The molecule has 7 nitrogen and oxygen atoms in total. The molecule has 1 unspecified atom stereocenters. The molecule has 1 saturated heterocycles. The Morgan fingerprint density at radius 2 is 2.00 bits per heavy atom. The van der Waals surface area contributed by atoms with E-state index >= 15 is 0 Å². The van der Waals surface area contributed by atoms with Crippen molar-refractivity contribution in [3.05, 3.63) is 71.9 Å². The highest BCUT2D eigenvalue weighted by Crippen LogP contribution is 2.28. The van der Waals surface area contributed by atoms with E-state index in [0.29, 0.717) is 12.5 Å². The summed E-state index contributed by atoms with van der Waals surface area (Å²) >= 11 is 0. The molecule has 0 saturated carbocycles. The van der Waals surface area contributed by atoms with Crippen molar-refractivity contribution in [3.8, 4) is 11.6 Å². The Kier molecular flexibility index (Phi) is 8.49. The molecule has 0 bridgehead atoms. The molecular weight excluding hydrogens is 515 g/mol. The number of pyridine rings is 1. The van der Waals surface area contributed by atoms with Crippen LogP contribution in [0, 0.1) is 6.92 Å². The van der Waals surface area contributed by atoms with Crippen LogP contribution in [0.15, 0.2) is 60.0 Å². The molecule has 4 rings (SSSR count). The molecule has 0 amide bonds. The van der Waals surface area contributed by atoms with Crippen LogP contribution in [-0.2, 0) is 6.54 Å². The molecule has 0 radical (unpaired) electrons. The Morgan fingerprint density at radius 3 is 2.62 bits per heavy atom. The van der Waals surface area contributed by atoms with E-state index in [2.05, 4.69) is 45.3 Å². The van der Waals surface area contributed by atoms with Gasteiger partial charge in [0.15, 0.2) is 5.96 Å². The van der Waals surface area contributed by atoms with E-state index in [1.165, 1.54) is 5.56 Å². The van der Waals surface area contributed by atoms with Gasteiger partial charge in [-0.3, -0.25) is 4.57 Å². The zero-order valence-corrected chi connectivity index (χ0v) is 21.2. The van der Waals surface area contributed by atoms with Gasteiger partial charge in [0.1, 0.15) is 17.4 Å². The highest BCUT2D eigenvalue weighted by molar-refractivity contribution is 14.0. The summed E-state index contributed by atoms with van der Waals surface area (Å²) in [5, 5.41) is 3.45. The number of likely N-dealkylation sites (tertiary alicyclic amines) is 1. The Bertz CT molecular complexity index is 1020. The fourth-order valence-corrected chi connectivity index (χ4v) is 3.97. The van der Waals surface area contributed by atoms with Crippen LogP contribution in [0.5, 0.6) is 5.75 Å². The van der Waals surface area contributed by atoms with E-state index in [1.54, 1.807) is 13.3 Å². The summed E-state index contributed by atoms with van der Waals surface area (Å²) in [6.45, 7) is 7.49. The monoisotopic (exact) mass is 546 g/mol. The van der Waals surface area contributed by atoms with Crippen molar-refractivity contribution in [2.45, 2.75) is 32.7 Å². The quantitative estimate of drug-likeness (QED) is 0.286. The standard InChI is InChI=1S/C24H30N6O.HI/c1-4-25-24(29-13-11-21(17-29)20-6-8-22(31-3)9-7-20)28-16-19-5-10-23(27-15-19)30-14-12-26-18(30)2;/h5-10,12,14-15,21H,4,11,13,16-17H2,1-3H3,(H,25,28);1H. The minimum Gasteiger partial charge on any atom is -0.497 e. The fraction of sp³-hybridized carbons (Fsp3) is 0.375. The lowest BCUT2D eigenvalue weighted by atomic mass is 9.98. The molecular formula is C24H31IN6O. The molecule has 8 heteroatoms. The van der Waals surface area contributed by atoms with Crippen LogP contribution < -0.4 is 10.1 Å². The lowest BCUT2D eigenvalue weighted by Gasteiger charge is -2.22. The van der Waals surface area contributed by atoms with E-state index in [1.807, 2.05) is 42.1 Å². The fourth-order valence-electron chi connectivity index (χ4n) is 3.97. The van der Waals surface area contributed by atoms with Gasteiger partial charge in [0, 0.05) is 44.1 Å². The average molecular weight is 546 g/mol. The molecule has 1 aromatic carbocycles. The van der Waals surface area contributed by atoms with Crippen molar-refractivity contribution >= 4 is 29.9 Å². The van der Waals surface area contributed by atoms with Crippen LogP contribution >= 0.6 is 24.0 Å². The van der Waals surface area contributed by atoms with E-state index in [0.717, 1.165) is 55.0 Å². The van der Waals surface area contributed by atoms with Crippen molar-refractivity contribution in [1.82, 2.24) is 24.8 Å². The van der Waals surface area contributed by atoms with Gasteiger partial charge in [-0.15, -0.1) is 24.0 Å². The number of methoxy groups -OCH3 is 1. The van der Waals surface area contributed by atoms with Gasteiger partial charge >= 0.3 is 0 Å². The second-order valence-corrected chi connectivity index (χ2v) is 7.74. The van der Waals surface area contributed by atoms with Crippen molar-refractivity contribution in [2.75, 3.05) is 26.7 Å². The Morgan fingerprint density at radius 1 is 1.19 bits per heavy atom. The predicted octanol–water partition coefficient (Wildman–Crippen LogP) is 4.16. The van der Waals surface area contributed by atoms with Gasteiger partial charge in [-0.25, -0.2) is 15.0 Å². The third-order valence-electron chi connectivity index (χ3n) is 5.70. The number of guanidine groups is 1. The second kappa shape index (κ2) is 11.3. The van der Waals surface area contributed by atoms with Gasteiger partial charge in [0.25, 0.3) is 0 Å². The number of aryl methyl sites for hydroxylation is 1. The molecule has 0 aliphatic carbocycles. The lowest BCUT2D eigenvalue weighted by molar-refractivity contribution is 0.414. The van der Waals surface area contributed by atoms with Gasteiger partial charge < -0.3 is 15.0 Å². The first-order valence-electron chi connectivity index (χ1n) is 10.8. The number of nitrogens with one attached hydrogen (secondary N) is 1. The third-order valence-corrected chi connectivity index (χ3v) is 5.70. The molecule has 1 fully saturated rings.